The summed E-state index contributed by atoms with van der Waals surface area (Å²) in [7, 11) is 0. The van der Waals surface area contributed by atoms with Crippen molar-refractivity contribution in [3.05, 3.63) is 0 Å². The third kappa shape index (κ3) is 5.59. The number of carboxylic acids is 1. The number of aliphatic carboxylic acids is 1. The van der Waals surface area contributed by atoms with Gasteiger partial charge in [0.25, 0.3) is 0 Å². The van der Waals surface area contributed by atoms with Gasteiger partial charge in [0.05, 0.1) is 11.5 Å². The predicted octanol–water partition coefficient (Wildman–Crippen LogP) is 2.82. The van der Waals surface area contributed by atoms with E-state index in [1.54, 1.807) is 6.92 Å². The van der Waals surface area contributed by atoms with Crippen molar-refractivity contribution in [3.63, 3.8) is 0 Å². The third-order valence-electron chi connectivity index (χ3n) is 2.48. The molecule has 0 saturated heterocycles. The van der Waals surface area contributed by atoms with Crippen molar-refractivity contribution in [2.45, 2.75) is 50.5 Å². The molecule has 0 amide bonds. The molecule has 0 aromatic heterocycles. The summed E-state index contributed by atoms with van der Waals surface area (Å²) in [4.78, 5) is 10.8. The number of rotatable bonds is 6. The van der Waals surface area contributed by atoms with Gasteiger partial charge in [-0.3, -0.25) is 4.79 Å². The molecule has 0 rings (SSSR count). The summed E-state index contributed by atoms with van der Waals surface area (Å²) >= 11 is 11.5. The van der Waals surface area contributed by atoms with E-state index in [-0.39, 0.29) is 0 Å². The normalized spacial score (nSPS) is 15.1. The molecule has 0 aromatic carbocycles. The highest BCUT2D eigenvalue weighted by Gasteiger charge is 2.35. The van der Waals surface area contributed by atoms with Gasteiger partial charge in [0.15, 0.2) is 0 Å². The molecular weight excluding hydrogens is 239 g/mol. The molecule has 0 spiro atoms. The summed E-state index contributed by atoms with van der Waals surface area (Å²) in [6, 6.07) is 0. The SMILES string of the molecule is CC(Cl)(Cl)CCC[C@H](O)C(C)(C)C(=O)O. The minimum absolute atomic E-state index is 0.383. The van der Waals surface area contributed by atoms with Crippen LogP contribution in [0.3, 0.4) is 0 Å². The summed E-state index contributed by atoms with van der Waals surface area (Å²) in [6.07, 6.45) is 0.629. The maximum absolute atomic E-state index is 10.8. The molecule has 3 nitrogen and oxygen atoms in total. The van der Waals surface area contributed by atoms with Gasteiger partial charge in [-0.05, 0) is 40.0 Å². The van der Waals surface area contributed by atoms with Crippen LogP contribution in [0.4, 0.5) is 0 Å². The molecule has 0 fully saturated rings. The molecule has 5 heteroatoms. The maximum atomic E-state index is 10.8. The number of carboxylic acid groups (broad SMARTS) is 1. The van der Waals surface area contributed by atoms with E-state index in [9.17, 15) is 9.90 Å². The molecule has 0 saturated carbocycles. The van der Waals surface area contributed by atoms with Crippen molar-refractivity contribution in [2.24, 2.45) is 5.41 Å². The van der Waals surface area contributed by atoms with Gasteiger partial charge in [0, 0.05) is 0 Å². The molecule has 0 aliphatic carbocycles. The van der Waals surface area contributed by atoms with Crippen LogP contribution in [0, 0.1) is 5.41 Å². The zero-order valence-corrected chi connectivity index (χ0v) is 10.8. The Morgan fingerprint density at radius 2 is 1.80 bits per heavy atom. The quantitative estimate of drug-likeness (QED) is 0.719. The average molecular weight is 257 g/mol. The lowest BCUT2D eigenvalue weighted by Gasteiger charge is -2.26. The second kappa shape index (κ2) is 5.37. The van der Waals surface area contributed by atoms with E-state index in [4.69, 9.17) is 28.3 Å². The Hall–Kier alpha value is 0.01000. The molecule has 90 valence electrons. The topological polar surface area (TPSA) is 57.5 Å². The van der Waals surface area contributed by atoms with E-state index < -0.39 is 21.8 Å². The zero-order chi connectivity index (χ0) is 12.3. The molecular formula is C10H18Cl2O3. The minimum Gasteiger partial charge on any atom is -0.481 e. The van der Waals surface area contributed by atoms with E-state index in [0.717, 1.165) is 0 Å². The van der Waals surface area contributed by atoms with E-state index in [1.165, 1.54) is 13.8 Å². The summed E-state index contributed by atoms with van der Waals surface area (Å²) in [5.41, 5.74) is -1.13. The van der Waals surface area contributed by atoms with Crippen LogP contribution in [0.2, 0.25) is 0 Å². The number of carbonyl (C=O) groups is 1. The van der Waals surface area contributed by atoms with Gasteiger partial charge in [-0.1, -0.05) is 0 Å². The Morgan fingerprint density at radius 1 is 1.33 bits per heavy atom. The molecule has 0 heterocycles. The number of aliphatic hydroxyl groups is 1. The molecule has 1 atom stereocenters. The Morgan fingerprint density at radius 3 is 2.13 bits per heavy atom. The van der Waals surface area contributed by atoms with Crippen LogP contribution >= 0.6 is 23.2 Å². The van der Waals surface area contributed by atoms with Crippen molar-refractivity contribution >= 4 is 29.2 Å². The van der Waals surface area contributed by atoms with Crippen molar-refractivity contribution in [2.75, 3.05) is 0 Å². The fourth-order valence-corrected chi connectivity index (χ4v) is 1.38. The van der Waals surface area contributed by atoms with Gasteiger partial charge in [0.1, 0.15) is 4.33 Å². The first kappa shape index (κ1) is 15.0. The number of halogens is 2. The number of hydrogen-bond donors (Lipinski definition) is 2. The molecule has 15 heavy (non-hydrogen) atoms. The van der Waals surface area contributed by atoms with Crippen LogP contribution in [0.1, 0.15) is 40.0 Å². The third-order valence-corrected chi connectivity index (χ3v) is 2.86. The zero-order valence-electron chi connectivity index (χ0n) is 9.26. The molecule has 0 aliphatic rings. The summed E-state index contributed by atoms with van der Waals surface area (Å²) in [5, 5.41) is 18.5. The van der Waals surface area contributed by atoms with E-state index in [0.29, 0.717) is 19.3 Å². The lowest BCUT2D eigenvalue weighted by Crippen LogP contribution is -2.37. The summed E-state index contributed by atoms with van der Waals surface area (Å²) < 4.78 is -0.812. The first-order chi connectivity index (χ1) is 6.57. The van der Waals surface area contributed by atoms with Crippen molar-refractivity contribution < 1.29 is 15.0 Å². The van der Waals surface area contributed by atoms with Crippen LogP contribution in [0.15, 0.2) is 0 Å². The highest BCUT2D eigenvalue weighted by Crippen LogP contribution is 2.29. The molecule has 0 aliphatic heterocycles. The van der Waals surface area contributed by atoms with Crippen molar-refractivity contribution in [1.29, 1.82) is 0 Å². The fraction of sp³-hybridized carbons (Fsp3) is 0.900. The van der Waals surface area contributed by atoms with Crippen LogP contribution in [0.25, 0.3) is 0 Å². The Balaban J connectivity index is 4.05. The van der Waals surface area contributed by atoms with Gasteiger partial charge in [-0.2, -0.15) is 0 Å². The van der Waals surface area contributed by atoms with Crippen molar-refractivity contribution in [3.8, 4) is 0 Å². The Bertz CT molecular complexity index is 221. The largest absolute Gasteiger partial charge is 0.481 e. The van der Waals surface area contributed by atoms with Gasteiger partial charge in [-0.15, -0.1) is 23.2 Å². The molecule has 0 unspecified atom stereocenters. The second-order valence-electron chi connectivity index (χ2n) is 4.51. The first-order valence-corrected chi connectivity index (χ1v) is 5.62. The second-order valence-corrected chi connectivity index (χ2v) is 6.37. The van der Waals surface area contributed by atoms with Crippen LogP contribution in [-0.4, -0.2) is 26.6 Å². The van der Waals surface area contributed by atoms with Gasteiger partial charge in [0.2, 0.25) is 0 Å². The number of aliphatic hydroxyl groups excluding tert-OH is 1. The smallest absolute Gasteiger partial charge is 0.311 e. The molecule has 0 aromatic rings. The monoisotopic (exact) mass is 256 g/mol. The van der Waals surface area contributed by atoms with E-state index in [2.05, 4.69) is 0 Å². The van der Waals surface area contributed by atoms with E-state index >= 15 is 0 Å². The van der Waals surface area contributed by atoms with Gasteiger partial charge >= 0.3 is 5.97 Å². The minimum atomic E-state index is -1.13. The highest BCUT2D eigenvalue weighted by atomic mass is 35.5. The average Bonchev–Trinajstić information content (AvgIpc) is 2.01. The molecule has 0 bridgehead atoms. The fourth-order valence-electron chi connectivity index (χ4n) is 1.11. The lowest BCUT2D eigenvalue weighted by molar-refractivity contribution is -0.153. The van der Waals surface area contributed by atoms with E-state index in [1.807, 2.05) is 0 Å². The summed E-state index contributed by atoms with van der Waals surface area (Å²) in [5.74, 6) is -1.01. The summed E-state index contributed by atoms with van der Waals surface area (Å²) in [6.45, 7) is 4.67. The maximum Gasteiger partial charge on any atom is 0.311 e. The Kier molecular flexibility index (Phi) is 5.38. The predicted molar refractivity (Wildman–Crippen MR) is 61.4 cm³/mol. The van der Waals surface area contributed by atoms with Gasteiger partial charge in [-0.25, -0.2) is 0 Å². The van der Waals surface area contributed by atoms with Crippen molar-refractivity contribution in [1.82, 2.24) is 0 Å². The molecule has 0 radical (unpaired) electrons. The molecule has 2 N–H and O–H groups in total. The van der Waals surface area contributed by atoms with Crippen LogP contribution in [0.5, 0.6) is 0 Å². The van der Waals surface area contributed by atoms with Gasteiger partial charge < -0.3 is 10.2 Å². The van der Waals surface area contributed by atoms with Crippen LogP contribution in [-0.2, 0) is 4.79 Å². The highest BCUT2D eigenvalue weighted by molar-refractivity contribution is 6.48. The number of alkyl halides is 2. The first-order valence-electron chi connectivity index (χ1n) is 4.86. The van der Waals surface area contributed by atoms with Crippen LogP contribution < -0.4 is 0 Å². The Labute approximate surface area is 100 Å². The lowest BCUT2D eigenvalue weighted by atomic mass is 9.84. The number of hydrogen-bond acceptors (Lipinski definition) is 2. The standard InChI is InChI=1S/C10H18Cl2O3/c1-9(2,8(14)15)7(13)5-4-6-10(3,11)12/h7,13H,4-6H2,1-3H3,(H,14,15)/t7-/m0/s1.